The van der Waals surface area contributed by atoms with Crippen LogP contribution in [0.15, 0.2) is 0 Å². The van der Waals surface area contributed by atoms with E-state index in [0.717, 1.165) is 0 Å². The summed E-state index contributed by atoms with van der Waals surface area (Å²) in [5, 5.41) is 15.7. The van der Waals surface area contributed by atoms with E-state index in [1.54, 1.807) is 0 Å². The molecule has 4 atom stereocenters. The number of carbonyl (C=O) groups excluding carboxylic acids is 5. The number of nitrogens with two attached hydrogens (primary N) is 4. The highest BCUT2D eigenvalue weighted by atomic mass is 16.4. The molecule has 0 fully saturated rings. The Bertz CT molecular complexity index is 686. The smallest absolute Gasteiger partial charge is 0.325 e. The van der Waals surface area contributed by atoms with E-state index in [9.17, 15) is 28.8 Å². The van der Waals surface area contributed by atoms with Crippen molar-refractivity contribution in [3.8, 4) is 0 Å². The molecule has 0 heterocycles. The van der Waals surface area contributed by atoms with Gasteiger partial charge >= 0.3 is 5.97 Å². The molecule has 0 aliphatic carbocycles. The van der Waals surface area contributed by atoms with Crippen molar-refractivity contribution >= 4 is 35.5 Å². The fourth-order valence-electron chi connectivity index (χ4n) is 2.41. The minimum atomic E-state index is -1.47. The van der Waals surface area contributed by atoms with E-state index >= 15 is 0 Å². The molecule has 12 N–H and O–H groups in total. The molecule has 0 rings (SSSR count). The first-order valence-corrected chi connectivity index (χ1v) is 9.55. The topological polar surface area (TPSA) is 263 Å². The summed E-state index contributed by atoms with van der Waals surface area (Å²) >= 11 is 0. The summed E-state index contributed by atoms with van der Waals surface area (Å²) in [5.41, 5.74) is 21.1. The third-order valence-electron chi connectivity index (χ3n) is 4.11. The maximum absolute atomic E-state index is 12.7. The standard InChI is InChI=1S/C17H31N7O7/c1-8(17(30)31)22-16(29)11(7-13(21)26)24-15(28)10(4-2-3-5-18)23-14(27)9(19)6-12(20)25/h8-11H,2-7,18-19H2,1H3,(H2,20,25)(H2,21,26)(H,22,29)(H,23,27)(H,24,28)(H,30,31). The molecule has 14 heteroatoms. The minimum Gasteiger partial charge on any atom is -0.480 e. The van der Waals surface area contributed by atoms with Crippen LogP contribution in [0.5, 0.6) is 0 Å². The average molecular weight is 445 g/mol. The van der Waals surface area contributed by atoms with Gasteiger partial charge in [-0.1, -0.05) is 0 Å². The molecular formula is C17H31N7O7. The monoisotopic (exact) mass is 445 g/mol. The van der Waals surface area contributed by atoms with Gasteiger partial charge in [0, 0.05) is 0 Å². The molecule has 0 aromatic carbocycles. The number of carboxylic acids is 1. The lowest BCUT2D eigenvalue weighted by Gasteiger charge is -2.24. The van der Waals surface area contributed by atoms with Gasteiger partial charge < -0.3 is 44.0 Å². The molecule has 0 aromatic rings. The van der Waals surface area contributed by atoms with Gasteiger partial charge in [0.25, 0.3) is 0 Å². The zero-order chi connectivity index (χ0) is 24.1. The lowest BCUT2D eigenvalue weighted by Crippen LogP contribution is -2.57. The van der Waals surface area contributed by atoms with Gasteiger partial charge in [0.15, 0.2) is 0 Å². The number of unbranched alkanes of at least 4 members (excludes halogenated alkanes) is 1. The first kappa shape index (κ1) is 27.7. The summed E-state index contributed by atoms with van der Waals surface area (Å²) in [6.07, 6.45) is 0.0444. The van der Waals surface area contributed by atoms with E-state index in [-0.39, 0.29) is 6.42 Å². The van der Waals surface area contributed by atoms with Crippen molar-refractivity contribution in [2.75, 3.05) is 6.54 Å². The Morgan fingerprint density at radius 3 is 1.81 bits per heavy atom. The number of aliphatic carboxylic acids is 1. The maximum Gasteiger partial charge on any atom is 0.325 e. The second kappa shape index (κ2) is 13.9. The fourth-order valence-corrected chi connectivity index (χ4v) is 2.41. The number of nitrogens with one attached hydrogen (secondary N) is 3. The van der Waals surface area contributed by atoms with Crippen LogP contribution in [0, 0.1) is 0 Å². The molecule has 176 valence electrons. The number of amides is 5. The van der Waals surface area contributed by atoms with Gasteiger partial charge in [0.1, 0.15) is 18.1 Å². The van der Waals surface area contributed by atoms with Crippen molar-refractivity contribution in [1.29, 1.82) is 0 Å². The van der Waals surface area contributed by atoms with Crippen LogP contribution in [-0.2, 0) is 28.8 Å². The van der Waals surface area contributed by atoms with Crippen LogP contribution in [-0.4, -0.2) is 71.3 Å². The van der Waals surface area contributed by atoms with Gasteiger partial charge in [0.05, 0.1) is 18.9 Å². The Morgan fingerprint density at radius 1 is 0.806 bits per heavy atom. The second-order valence-electron chi connectivity index (χ2n) is 6.92. The zero-order valence-electron chi connectivity index (χ0n) is 17.3. The molecule has 5 amide bonds. The molecule has 0 spiro atoms. The quantitative estimate of drug-likeness (QED) is 0.113. The van der Waals surface area contributed by atoms with Crippen LogP contribution in [0.4, 0.5) is 0 Å². The Kier molecular flexibility index (Phi) is 12.4. The predicted octanol–water partition coefficient (Wildman–Crippen LogP) is -4.25. The van der Waals surface area contributed by atoms with Crippen LogP contribution < -0.4 is 38.9 Å². The third-order valence-corrected chi connectivity index (χ3v) is 4.11. The zero-order valence-corrected chi connectivity index (χ0v) is 17.3. The molecule has 31 heavy (non-hydrogen) atoms. The van der Waals surface area contributed by atoms with Crippen LogP contribution in [0.2, 0.25) is 0 Å². The number of rotatable bonds is 15. The molecule has 0 aromatic heterocycles. The fraction of sp³-hybridized carbons (Fsp3) is 0.647. The van der Waals surface area contributed by atoms with E-state index in [1.807, 2.05) is 0 Å². The Labute approximate surface area is 178 Å². The lowest BCUT2D eigenvalue weighted by molar-refractivity contribution is -0.142. The molecule has 0 bridgehead atoms. The van der Waals surface area contributed by atoms with Gasteiger partial charge in [0.2, 0.25) is 29.5 Å². The third kappa shape index (κ3) is 11.5. The molecule has 0 aliphatic rings. The summed E-state index contributed by atoms with van der Waals surface area (Å²) < 4.78 is 0. The first-order valence-electron chi connectivity index (χ1n) is 9.55. The highest BCUT2D eigenvalue weighted by Crippen LogP contribution is 2.04. The lowest BCUT2D eigenvalue weighted by atomic mass is 10.1. The average Bonchev–Trinajstić information content (AvgIpc) is 2.65. The van der Waals surface area contributed by atoms with Crippen molar-refractivity contribution in [2.45, 2.75) is 63.2 Å². The van der Waals surface area contributed by atoms with E-state index in [0.29, 0.717) is 19.4 Å². The van der Waals surface area contributed by atoms with Gasteiger partial charge in [-0.2, -0.15) is 0 Å². The summed E-state index contributed by atoms with van der Waals surface area (Å²) in [5.74, 6) is -5.65. The van der Waals surface area contributed by atoms with E-state index < -0.39 is 72.5 Å². The van der Waals surface area contributed by atoms with Crippen molar-refractivity contribution in [3.63, 3.8) is 0 Å². The highest BCUT2D eigenvalue weighted by Gasteiger charge is 2.30. The SMILES string of the molecule is CC(NC(=O)C(CC(N)=O)NC(=O)C(CCCCN)NC(=O)C(N)CC(N)=O)C(=O)O. The number of hydrogen-bond donors (Lipinski definition) is 8. The number of primary amides is 2. The molecule has 0 saturated carbocycles. The molecule has 14 nitrogen and oxygen atoms in total. The van der Waals surface area contributed by atoms with Gasteiger partial charge in [-0.3, -0.25) is 28.8 Å². The summed E-state index contributed by atoms with van der Waals surface area (Å²) in [7, 11) is 0. The largest absolute Gasteiger partial charge is 0.480 e. The second-order valence-corrected chi connectivity index (χ2v) is 6.92. The van der Waals surface area contributed by atoms with Crippen molar-refractivity contribution in [1.82, 2.24) is 16.0 Å². The van der Waals surface area contributed by atoms with Gasteiger partial charge in [-0.15, -0.1) is 0 Å². The van der Waals surface area contributed by atoms with E-state index in [2.05, 4.69) is 16.0 Å². The van der Waals surface area contributed by atoms with Crippen molar-refractivity contribution < 1.29 is 33.9 Å². The van der Waals surface area contributed by atoms with E-state index in [4.69, 9.17) is 28.0 Å². The summed E-state index contributed by atoms with van der Waals surface area (Å²) in [6, 6.07) is -5.21. The summed E-state index contributed by atoms with van der Waals surface area (Å²) in [6.45, 7) is 1.53. The Morgan fingerprint density at radius 2 is 1.32 bits per heavy atom. The van der Waals surface area contributed by atoms with Crippen molar-refractivity contribution in [2.24, 2.45) is 22.9 Å². The van der Waals surface area contributed by atoms with Crippen LogP contribution in [0.3, 0.4) is 0 Å². The molecule has 0 radical (unpaired) electrons. The first-order chi connectivity index (χ1) is 14.4. The molecule has 0 aliphatic heterocycles. The van der Waals surface area contributed by atoms with Crippen LogP contribution >= 0.6 is 0 Å². The minimum absolute atomic E-state index is 0.120. The molecule has 0 saturated heterocycles. The summed E-state index contributed by atoms with van der Waals surface area (Å²) in [4.78, 5) is 70.3. The number of hydrogen-bond acceptors (Lipinski definition) is 8. The Hall–Kier alpha value is -3.26. The maximum atomic E-state index is 12.7. The predicted molar refractivity (Wildman–Crippen MR) is 108 cm³/mol. The van der Waals surface area contributed by atoms with Gasteiger partial charge in [-0.25, -0.2) is 0 Å². The van der Waals surface area contributed by atoms with Gasteiger partial charge in [-0.05, 0) is 32.7 Å². The molecule has 4 unspecified atom stereocenters. The highest BCUT2D eigenvalue weighted by molar-refractivity contribution is 5.96. The van der Waals surface area contributed by atoms with Crippen molar-refractivity contribution in [3.05, 3.63) is 0 Å². The Balaban J connectivity index is 5.38. The number of carbonyl (C=O) groups is 6. The normalized spacial score (nSPS) is 14.4. The number of carboxylic acid groups (broad SMARTS) is 1. The van der Waals surface area contributed by atoms with Crippen LogP contribution in [0.1, 0.15) is 39.0 Å². The van der Waals surface area contributed by atoms with Crippen LogP contribution in [0.25, 0.3) is 0 Å². The van der Waals surface area contributed by atoms with E-state index in [1.165, 1.54) is 6.92 Å². The molecular weight excluding hydrogens is 414 g/mol.